The van der Waals surface area contributed by atoms with Crippen molar-refractivity contribution < 1.29 is 0 Å². The van der Waals surface area contributed by atoms with Crippen LogP contribution in [0.1, 0.15) is 23.6 Å². The molecule has 0 atom stereocenters. The van der Waals surface area contributed by atoms with Gasteiger partial charge in [-0.3, -0.25) is 0 Å². The second kappa shape index (κ2) is 7.72. The van der Waals surface area contributed by atoms with Crippen LogP contribution in [0.25, 0.3) is 0 Å². The molecule has 0 saturated heterocycles. The van der Waals surface area contributed by atoms with E-state index in [1.165, 1.54) is 21.6 Å². The molecular weight excluding hydrogens is 286 g/mol. The third-order valence-electron chi connectivity index (χ3n) is 3.06. The molecule has 0 amide bonds. The SMILES string of the molecule is CCNCc1cc(Cl)ccc1SCc1cccc(C)c1. The van der Waals surface area contributed by atoms with Gasteiger partial charge in [-0.05, 0) is 42.8 Å². The molecule has 2 rings (SSSR count). The Morgan fingerprint density at radius 3 is 2.75 bits per heavy atom. The van der Waals surface area contributed by atoms with Crippen LogP contribution >= 0.6 is 23.4 Å². The first kappa shape index (κ1) is 15.4. The molecule has 106 valence electrons. The zero-order valence-corrected chi connectivity index (χ0v) is 13.5. The molecule has 0 unspecified atom stereocenters. The first-order valence-corrected chi connectivity index (χ1v) is 8.23. The van der Waals surface area contributed by atoms with E-state index >= 15 is 0 Å². The predicted molar refractivity (Wildman–Crippen MR) is 89.6 cm³/mol. The third-order valence-corrected chi connectivity index (χ3v) is 4.49. The van der Waals surface area contributed by atoms with Gasteiger partial charge >= 0.3 is 0 Å². The summed E-state index contributed by atoms with van der Waals surface area (Å²) >= 11 is 7.97. The number of nitrogens with one attached hydrogen (secondary N) is 1. The first-order chi connectivity index (χ1) is 9.69. The van der Waals surface area contributed by atoms with Crippen LogP contribution in [0.2, 0.25) is 5.02 Å². The van der Waals surface area contributed by atoms with Gasteiger partial charge in [-0.15, -0.1) is 11.8 Å². The van der Waals surface area contributed by atoms with Gasteiger partial charge < -0.3 is 5.32 Å². The van der Waals surface area contributed by atoms with Crippen molar-refractivity contribution in [2.24, 2.45) is 0 Å². The van der Waals surface area contributed by atoms with E-state index in [0.29, 0.717) is 0 Å². The van der Waals surface area contributed by atoms with Crippen LogP contribution in [-0.2, 0) is 12.3 Å². The fourth-order valence-corrected chi connectivity index (χ4v) is 3.23. The summed E-state index contributed by atoms with van der Waals surface area (Å²) < 4.78 is 0. The lowest BCUT2D eigenvalue weighted by Gasteiger charge is -2.10. The lowest BCUT2D eigenvalue weighted by atomic mass is 10.2. The van der Waals surface area contributed by atoms with Crippen molar-refractivity contribution >= 4 is 23.4 Å². The number of halogens is 1. The quantitative estimate of drug-likeness (QED) is 0.749. The molecule has 1 nitrogen and oxygen atoms in total. The van der Waals surface area contributed by atoms with Crippen molar-refractivity contribution in [3.8, 4) is 0 Å². The van der Waals surface area contributed by atoms with E-state index in [9.17, 15) is 0 Å². The molecule has 0 spiro atoms. The van der Waals surface area contributed by atoms with E-state index in [2.05, 4.69) is 55.6 Å². The van der Waals surface area contributed by atoms with Gasteiger partial charge in [0.05, 0.1) is 0 Å². The summed E-state index contributed by atoms with van der Waals surface area (Å²) in [5, 5.41) is 4.17. The lowest BCUT2D eigenvalue weighted by molar-refractivity contribution is 0.718. The summed E-state index contributed by atoms with van der Waals surface area (Å²) in [5.41, 5.74) is 3.95. The van der Waals surface area contributed by atoms with Gasteiger partial charge in [0.1, 0.15) is 0 Å². The van der Waals surface area contributed by atoms with Gasteiger partial charge in [0.15, 0.2) is 0 Å². The normalized spacial score (nSPS) is 10.8. The maximum atomic E-state index is 6.10. The maximum absolute atomic E-state index is 6.10. The summed E-state index contributed by atoms with van der Waals surface area (Å²) in [5.74, 6) is 0.989. The van der Waals surface area contributed by atoms with E-state index in [1.54, 1.807) is 0 Å². The second-order valence-corrected chi connectivity index (χ2v) is 6.26. The minimum atomic E-state index is 0.804. The Labute approximate surface area is 130 Å². The summed E-state index contributed by atoms with van der Waals surface area (Å²) in [6.07, 6.45) is 0. The molecule has 3 heteroatoms. The third kappa shape index (κ3) is 4.55. The van der Waals surface area contributed by atoms with Crippen LogP contribution in [0.4, 0.5) is 0 Å². The molecule has 0 bridgehead atoms. The standard InChI is InChI=1S/C17H20ClNS/c1-3-19-11-15-10-16(18)7-8-17(15)20-12-14-6-4-5-13(2)9-14/h4-10,19H,3,11-12H2,1-2H3. The van der Waals surface area contributed by atoms with Gasteiger partial charge in [-0.2, -0.15) is 0 Å². The number of hydrogen-bond donors (Lipinski definition) is 1. The highest BCUT2D eigenvalue weighted by Crippen LogP contribution is 2.28. The van der Waals surface area contributed by atoms with E-state index in [-0.39, 0.29) is 0 Å². The molecular formula is C17H20ClNS. The average molecular weight is 306 g/mol. The monoisotopic (exact) mass is 305 g/mol. The first-order valence-electron chi connectivity index (χ1n) is 6.86. The summed E-state index contributed by atoms with van der Waals surface area (Å²) in [7, 11) is 0. The molecule has 2 aromatic carbocycles. The molecule has 0 aliphatic carbocycles. The summed E-state index contributed by atoms with van der Waals surface area (Å²) in [4.78, 5) is 1.30. The Morgan fingerprint density at radius 1 is 1.15 bits per heavy atom. The number of rotatable bonds is 6. The van der Waals surface area contributed by atoms with Gasteiger partial charge in [0, 0.05) is 22.2 Å². The van der Waals surface area contributed by atoms with Crippen LogP contribution in [-0.4, -0.2) is 6.54 Å². The lowest BCUT2D eigenvalue weighted by Crippen LogP contribution is -2.12. The zero-order chi connectivity index (χ0) is 14.4. The van der Waals surface area contributed by atoms with Gasteiger partial charge in [-0.25, -0.2) is 0 Å². The average Bonchev–Trinajstić information content (AvgIpc) is 2.44. The van der Waals surface area contributed by atoms with Crippen molar-refractivity contribution in [3.63, 3.8) is 0 Å². The Balaban J connectivity index is 2.08. The number of benzene rings is 2. The second-order valence-electron chi connectivity index (χ2n) is 4.81. The van der Waals surface area contributed by atoms with Crippen LogP contribution < -0.4 is 5.32 Å². The highest BCUT2D eigenvalue weighted by molar-refractivity contribution is 7.98. The van der Waals surface area contributed by atoms with E-state index < -0.39 is 0 Å². The van der Waals surface area contributed by atoms with Gasteiger partial charge in [0.25, 0.3) is 0 Å². The van der Waals surface area contributed by atoms with Gasteiger partial charge in [0.2, 0.25) is 0 Å². The Kier molecular flexibility index (Phi) is 5.96. The van der Waals surface area contributed by atoms with Crippen molar-refractivity contribution in [1.29, 1.82) is 0 Å². The van der Waals surface area contributed by atoms with Crippen LogP contribution in [0.3, 0.4) is 0 Å². The minimum Gasteiger partial charge on any atom is -0.313 e. The smallest absolute Gasteiger partial charge is 0.0410 e. The Bertz CT molecular complexity index is 569. The molecule has 2 aromatic rings. The molecule has 1 N–H and O–H groups in total. The number of hydrogen-bond acceptors (Lipinski definition) is 2. The van der Waals surface area contributed by atoms with E-state index in [4.69, 9.17) is 11.6 Å². The number of thioether (sulfide) groups is 1. The topological polar surface area (TPSA) is 12.0 Å². The highest BCUT2D eigenvalue weighted by Gasteiger charge is 2.05. The largest absolute Gasteiger partial charge is 0.313 e. The fourth-order valence-electron chi connectivity index (χ4n) is 2.05. The van der Waals surface area contributed by atoms with E-state index in [0.717, 1.165) is 23.9 Å². The molecule has 0 saturated carbocycles. The molecule has 0 radical (unpaired) electrons. The summed E-state index contributed by atoms with van der Waals surface area (Å²) in [6.45, 7) is 6.08. The molecule has 0 aliphatic heterocycles. The maximum Gasteiger partial charge on any atom is 0.0410 e. The Morgan fingerprint density at radius 2 is 2.00 bits per heavy atom. The zero-order valence-electron chi connectivity index (χ0n) is 11.9. The van der Waals surface area contributed by atoms with Crippen LogP contribution in [0, 0.1) is 6.92 Å². The van der Waals surface area contributed by atoms with Crippen LogP contribution in [0.15, 0.2) is 47.4 Å². The van der Waals surface area contributed by atoms with Crippen molar-refractivity contribution in [3.05, 3.63) is 64.2 Å². The predicted octanol–water partition coefficient (Wildman–Crippen LogP) is 5.05. The van der Waals surface area contributed by atoms with Crippen molar-refractivity contribution in [2.75, 3.05) is 6.54 Å². The highest BCUT2D eigenvalue weighted by atomic mass is 35.5. The molecule has 20 heavy (non-hydrogen) atoms. The minimum absolute atomic E-state index is 0.804. The molecule has 0 heterocycles. The molecule has 0 aromatic heterocycles. The Hall–Kier alpha value is -0.960. The van der Waals surface area contributed by atoms with Crippen molar-refractivity contribution in [2.45, 2.75) is 31.0 Å². The molecule has 0 aliphatic rings. The van der Waals surface area contributed by atoms with Crippen LogP contribution in [0.5, 0.6) is 0 Å². The van der Waals surface area contributed by atoms with Gasteiger partial charge in [-0.1, -0.05) is 48.4 Å². The fraction of sp³-hybridized carbons (Fsp3) is 0.294. The van der Waals surface area contributed by atoms with E-state index in [1.807, 2.05) is 17.8 Å². The number of aryl methyl sites for hydroxylation is 1. The van der Waals surface area contributed by atoms with Crippen molar-refractivity contribution in [1.82, 2.24) is 5.32 Å². The molecule has 0 fully saturated rings. The summed E-state index contributed by atoms with van der Waals surface area (Å²) in [6, 6.07) is 14.8.